The van der Waals surface area contributed by atoms with Crippen molar-refractivity contribution in [3.8, 4) is 0 Å². The first kappa shape index (κ1) is 23.8. The maximum Gasteiger partial charge on any atom is 0.338 e. The maximum atomic E-state index is 12.9. The van der Waals surface area contributed by atoms with Crippen molar-refractivity contribution in [2.75, 3.05) is 6.61 Å². The van der Waals surface area contributed by atoms with Crippen LogP contribution in [0.2, 0.25) is 0 Å². The maximum absolute atomic E-state index is 12.9. The zero-order valence-corrected chi connectivity index (χ0v) is 20.3. The van der Waals surface area contributed by atoms with Crippen LogP contribution in [0.15, 0.2) is 91.0 Å². The van der Waals surface area contributed by atoms with Crippen LogP contribution >= 0.6 is 0 Å². The van der Waals surface area contributed by atoms with E-state index in [0.717, 1.165) is 27.5 Å². The van der Waals surface area contributed by atoms with Crippen LogP contribution in [0, 0.1) is 13.8 Å². The molecule has 1 aliphatic rings. The lowest BCUT2D eigenvalue weighted by Crippen LogP contribution is -2.32. The lowest BCUT2D eigenvalue weighted by atomic mass is 10.0. The Morgan fingerprint density at radius 1 is 0.778 bits per heavy atom. The van der Waals surface area contributed by atoms with E-state index in [9.17, 15) is 9.59 Å². The van der Waals surface area contributed by atoms with Crippen molar-refractivity contribution in [3.63, 3.8) is 0 Å². The standard InChI is InChI=1S/C31H28O5/c1-20-7-11-23(12-8-20)30(32)34-19-29-28(36-31(33)24-13-9-21(2)10-14-24)18-27(35-29)26-16-15-22-5-3-4-6-25(22)17-26/h3-17,27-29H,18-19H2,1-2H3/t27-,28+,29-/m1/s1. The highest BCUT2D eigenvalue weighted by atomic mass is 16.6. The molecule has 0 bridgehead atoms. The summed E-state index contributed by atoms with van der Waals surface area (Å²) in [6.07, 6.45) is -0.942. The Morgan fingerprint density at radius 2 is 1.39 bits per heavy atom. The first-order valence-electron chi connectivity index (χ1n) is 12.1. The number of benzene rings is 4. The molecule has 0 aliphatic carbocycles. The van der Waals surface area contributed by atoms with Crippen LogP contribution < -0.4 is 0 Å². The van der Waals surface area contributed by atoms with Crippen molar-refractivity contribution in [1.29, 1.82) is 0 Å². The molecule has 182 valence electrons. The molecule has 1 fully saturated rings. The quantitative estimate of drug-likeness (QED) is 0.300. The van der Waals surface area contributed by atoms with Gasteiger partial charge < -0.3 is 14.2 Å². The Hall–Kier alpha value is -3.96. The number of ether oxygens (including phenoxy) is 3. The Bertz CT molecular complexity index is 1370. The van der Waals surface area contributed by atoms with Crippen molar-refractivity contribution in [1.82, 2.24) is 0 Å². The molecule has 0 spiro atoms. The number of aryl methyl sites for hydroxylation is 2. The molecule has 36 heavy (non-hydrogen) atoms. The summed E-state index contributed by atoms with van der Waals surface area (Å²) >= 11 is 0. The number of esters is 2. The van der Waals surface area contributed by atoms with Gasteiger partial charge in [0.05, 0.1) is 17.2 Å². The summed E-state index contributed by atoms with van der Waals surface area (Å²) in [5.74, 6) is -0.853. The van der Waals surface area contributed by atoms with Crippen molar-refractivity contribution >= 4 is 22.7 Å². The second-order valence-electron chi connectivity index (χ2n) is 9.28. The molecule has 5 rings (SSSR count). The fourth-order valence-electron chi connectivity index (χ4n) is 4.44. The molecule has 4 aromatic rings. The number of rotatable bonds is 6. The molecule has 3 atom stereocenters. The molecular weight excluding hydrogens is 452 g/mol. The van der Waals surface area contributed by atoms with E-state index in [1.54, 1.807) is 24.3 Å². The minimum Gasteiger partial charge on any atom is -0.459 e. The van der Waals surface area contributed by atoms with Gasteiger partial charge in [-0.1, -0.05) is 71.8 Å². The van der Waals surface area contributed by atoms with E-state index in [-0.39, 0.29) is 12.7 Å². The third kappa shape index (κ3) is 5.31. The normalized spacial score (nSPS) is 19.2. The predicted octanol–water partition coefficient (Wildman–Crippen LogP) is 6.37. The lowest BCUT2D eigenvalue weighted by Gasteiger charge is -2.19. The molecule has 1 aliphatic heterocycles. The number of carbonyl (C=O) groups is 2. The molecule has 1 saturated heterocycles. The summed E-state index contributed by atoms with van der Waals surface area (Å²) in [7, 11) is 0. The zero-order chi connectivity index (χ0) is 25.1. The lowest BCUT2D eigenvalue weighted by molar-refractivity contribution is -0.0427. The minimum atomic E-state index is -0.578. The molecule has 0 aromatic heterocycles. The summed E-state index contributed by atoms with van der Waals surface area (Å²) in [6, 6.07) is 28.8. The van der Waals surface area contributed by atoms with Crippen molar-refractivity contribution in [2.45, 2.75) is 38.6 Å². The summed E-state index contributed by atoms with van der Waals surface area (Å²) in [5.41, 5.74) is 4.07. The van der Waals surface area contributed by atoms with E-state index < -0.39 is 24.1 Å². The largest absolute Gasteiger partial charge is 0.459 e. The predicted molar refractivity (Wildman–Crippen MR) is 138 cm³/mol. The monoisotopic (exact) mass is 480 g/mol. The highest BCUT2D eigenvalue weighted by molar-refractivity contribution is 5.90. The molecule has 0 N–H and O–H groups in total. The van der Waals surface area contributed by atoms with Crippen LogP contribution in [-0.2, 0) is 14.2 Å². The van der Waals surface area contributed by atoms with E-state index in [1.807, 2.05) is 56.3 Å². The SMILES string of the molecule is Cc1ccc(C(=O)OC[C@H]2O[C@@H](c3ccc4ccccc4c3)C[C@@H]2OC(=O)c2ccc(C)cc2)cc1. The van der Waals surface area contributed by atoms with E-state index in [0.29, 0.717) is 17.5 Å². The molecule has 0 amide bonds. The third-order valence-corrected chi connectivity index (χ3v) is 6.56. The summed E-state index contributed by atoms with van der Waals surface area (Å²) in [6.45, 7) is 3.91. The molecule has 1 heterocycles. The van der Waals surface area contributed by atoms with E-state index in [2.05, 4.69) is 24.3 Å². The van der Waals surface area contributed by atoms with Gasteiger partial charge in [0.25, 0.3) is 0 Å². The van der Waals surface area contributed by atoms with Gasteiger partial charge in [-0.3, -0.25) is 0 Å². The van der Waals surface area contributed by atoms with E-state index in [4.69, 9.17) is 14.2 Å². The van der Waals surface area contributed by atoms with Crippen LogP contribution in [-0.4, -0.2) is 30.8 Å². The van der Waals surface area contributed by atoms with Crippen LogP contribution in [0.4, 0.5) is 0 Å². The topological polar surface area (TPSA) is 61.8 Å². The van der Waals surface area contributed by atoms with Crippen molar-refractivity contribution < 1.29 is 23.8 Å². The molecule has 5 heteroatoms. The van der Waals surface area contributed by atoms with Gasteiger partial charge in [-0.15, -0.1) is 0 Å². The van der Waals surface area contributed by atoms with Crippen LogP contribution in [0.5, 0.6) is 0 Å². The van der Waals surface area contributed by atoms with Crippen LogP contribution in [0.3, 0.4) is 0 Å². The Labute approximate surface area is 210 Å². The number of carbonyl (C=O) groups excluding carboxylic acids is 2. The zero-order valence-electron chi connectivity index (χ0n) is 20.3. The van der Waals surface area contributed by atoms with Crippen molar-refractivity contribution in [2.24, 2.45) is 0 Å². The van der Waals surface area contributed by atoms with Crippen molar-refractivity contribution in [3.05, 3.63) is 119 Å². The van der Waals surface area contributed by atoms with E-state index in [1.165, 1.54) is 0 Å². The molecule has 4 aromatic carbocycles. The Balaban J connectivity index is 1.34. The molecule has 0 unspecified atom stereocenters. The fourth-order valence-corrected chi connectivity index (χ4v) is 4.44. The van der Waals surface area contributed by atoms with Crippen LogP contribution in [0.25, 0.3) is 10.8 Å². The summed E-state index contributed by atoms with van der Waals surface area (Å²) < 4.78 is 17.8. The van der Waals surface area contributed by atoms with Gasteiger partial charge in [0.2, 0.25) is 0 Å². The number of hydrogen-bond acceptors (Lipinski definition) is 5. The Kier molecular flexibility index (Phi) is 6.83. The second kappa shape index (κ2) is 10.3. The molecule has 0 radical (unpaired) electrons. The molecule has 5 nitrogen and oxygen atoms in total. The number of hydrogen-bond donors (Lipinski definition) is 0. The summed E-state index contributed by atoms with van der Waals surface area (Å²) in [4.78, 5) is 25.5. The molecular formula is C31H28O5. The third-order valence-electron chi connectivity index (χ3n) is 6.56. The van der Waals surface area contributed by atoms with Gasteiger partial charge in [-0.25, -0.2) is 9.59 Å². The van der Waals surface area contributed by atoms with Gasteiger partial charge in [0.15, 0.2) is 0 Å². The number of fused-ring (bicyclic) bond motifs is 1. The van der Waals surface area contributed by atoms with Gasteiger partial charge >= 0.3 is 11.9 Å². The van der Waals surface area contributed by atoms with Gasteiger partial charge in [0.1, 0.15) is 18.8 Å². The van der Waals surface area contributed by atoms with Crippen LogP contribution in [0.1, 0.15) is 49.9 Å². The first-order valence-corrected chi connectivity index (χ1v) is 12.1. The molecule has 0 saturated carbocycles. The van der Waals surface area contributed by atoms with Gasteiger partial charge in [-0.2, -0.15) is 0 Å². The average molecular weight is 481 g/mol. The van der Waals surface area contributed by atoms with E-state index >= 15 is 0 Å². The Morgan fingerprint density at radius 3 is 2.06 bits per heavy atom. The van der Waals surface area contributed by atoms with Gasteiger partial charge in [-0.05, 0) is 60.5 Å². The smallest absolute Gasteiger partial charge is 0.338 e. The summed E-state index contributed by atoms with van der Waals surface area (Å²) in [5, 5.41) is 2.26. The highest BCUT2D eigenvalue weighted by Gasteiger charge is 2.39. The second-order valence-corrected chi connectivity index (χ2v) is 9.28. The first-order chi connectivity index (χ1) is 17.5. The fraction of sp³-hybridized carbons (Fsp3) is 0.226. The minimum absolute atomic E-state index is 0.0113. The highest BCUT2D eigenvalue weighted by Crippen LogP contribution is 2.36. The average Bonchev–Trinajstić information content (AvgIpc) is 3.30. The van der Waals surface area contributed by atoms with Gasteiger partial charge in [0, 0.05) is 6.42 Å².